The molecule has 0 spiro atoms. The van der Waals surface area contributed by atoms with Crippen LogP contribution in [0, 0.1) is 0 Å². The van der Waals surface area contributed by atoms with Crippen LogP contribution in [0.25, 0.3) is 0 Å². The molecule has 2 atom stereocenters. The maximum Gasteiger partial charge on any atom is 0.287 e. The number of anilines is 1. The van der Waals surface area contributed by atoms with Crippen LogP contribution in [-0.2, 0) is 14.6 Å². The highest BCUT2D eigenvalue weighted by atomic mass is 35.5. The lowest BCUT2D eigenvalue weighted by molar-refractivity contribution is -0.710. The Morgan fingerprint density at radius 2 is 1.77 bits per heavy atom. The van der Waals surface area contributed by atoms with E-state index in [0.717, 1.165) is 5.56 Å². The van der Waals surface area contributed by atoms with Crippen molar-refractivity contribution < 1.29 is 18.5 Å². The molecule has 3 N–H and O–H groups in total. The van der Waals surface area contributed by atoms with Crippen LogP contribution in [0.2, 0.25) is 10.0 Å². The number of sulfone groups is 1. The molecule has 0 aliphatic carbocycles. The first kappa shape index (κ1) is 19.2. The highest BCUT2D eigenvalue weighted by Gasteiger charge is 2.35. The molecule has 0 bridgehead atoms. The number of carbonyl (C=O) groups excluding carboxylic acids is 1. The molecule has 1 saturated heterocycles. The molecular weight excluding hydrogens is 395 g/mol. The lowest BCUT2D eigenvalue weighted by Gasteiger charge is -2.19. The van der Waals surface area contributed by atoms with E-state index in [9.17, 15) is 13.2 Å². The summed E-state index contributed by atoms with van der Waals surface area (Å²) in [5.74, 6) is 0.00666. The van der Waals surface area contributed by atoms with E-state index in [-0.39, 0.29) is 23.5 Å². The van der Waals surface area contributed by atoms with E-state index >= 15 is 0 Å². The average molecular weight is 414 g/mol. The second-order valence-corrected chi connectivity index (χ2v) is 9.49. The van der Waals surface area contributed by atoms with Gasteiger partial charge in [-0.15, -0.1) is 0 Å². The maximum absolute atomic E-state index is 12.9. The first-order valence-corrected chi connectivity index (χ1v) is 10.8. The summed E-state index contributed by atoms with van der Waals surface area (Å²) in [7, 11) is -3.02. The van der Waals surface area contributed by atoms with Gasteiger partial charge in [-0.05, 0) is 18.2 Å². The molecule has 26 heavy (non-hydrogen) atoms. The summed E-state index contributed by atoms with van der Waals surface area (Å²) < 4.78 is 23.5. The fraction of sp³-hybridized carbons (Fsp3) is 0.278. The number of benzene rings is 2. The molecule has 0 unspecified atom stereocenters. The molecule has 1 amide bonds. The average Bonchev–Trinajstić information content (AvgIpc) is 2.91. The van der Waals surface area contributed by atoms with E-state index in [1.807, 2.05) is 35.6 Å². The molecule has 5 nitrogen and oxygen atoms in total. The predicted molar refractivity (Wildman–Crippen MR) is 103 cm³/mol. The maximum atomic E-state index is 12.9. The monoisotopic (exact) mass is 413 g/mol. The summed E-state index contributed by atoms with van der Waals surface area (Å²) in [6, 6.07) is 13.4. The van der Waals surface area contributed by atoms with Gasteiger partial charge in [0, 0.05) is 27.7 Å². The third-order valence-electron chi connectivity index (χ3n) is 4.30. The van der Waals surface area contributed by atoms with Gasteiger partial charge in [0.15, 0.2) is 15.9 Å². The van der Waals surface area contributed by atoms with E-state index in [0.29, 0.717) is 22.2 Å². The topological polar surface area (TPSA) is 79.8 Å². The first-order valence-electron chi connectivity index (χ1n) is 8.20. The fourth-order valence-electron chi connectivity index (χ4n) is 3.10. The smallest absolute Gasteiger partial charge is 0.287 e. The Hall–Kier alpha value is -1.60. The normalized spacial score (nSPS) is 19.8. The quantitative estimate of drug-likeness (QED) is 0.789. The van der Waals surface area contributed by atoms with Crippen molar-refractivity contribution in [2.75, 3.05) is 16.8 Å². The molecule has 0 radical (unpaired) electrons. The second kappa shape index (κ2) is 7.96. The summed E-state index contributed by atoms with van der Waals surface area (Å²) in [5, 5.41) is 5.51. The standard InChI is InChI=1S/C18H18Cl2N2O3S/c19-13-8-14(20)10-16(9-13)22-18(23)17(12-4-2-1-3-5-12)21-15-6-7-26(24,25)11-15/h1-5,8-10,15,17,21H,6-7,11H2,(H,22,23)/p+1/t15-,17-/m1/s1. The minimum absolute atomic E-state index is 0.0899. The molecule has 2 aromatic carbocycles. The van der Waals surface area contributed by atoms with Crippen LogP contribution < -0.4 is 10.6 Å². The largest absolute Gasteiger partial charge is 0.329 e. The van der Waals surface area contributed by atoms with Gasteiger partial charge in [-0.1, -0.05) is 53.5 Å². The van der Waals surface area contributed by atoms with Crippen molar-refractivity contribution >= 4 is 44.6 Å². The minimum Gasteiger partial charge on any atom is -0.329 e. The zero-order valence-corrected chi connectivity index (χ0v) is 16.2. The molecule has 138 valence electrons. The van der Waals surface area contributed by atoms with Gasteiger partial charge in [0.2, 0.25) is 0 Å². The summed E-state index contributed by atoms with van der Waals surface area (Å²) >= 11 is 12.0. The fourth-order valence-corrected chi connectivity index (χ4v) is 5.39. The molecule has 3 rings (SSSR count). The number of rotatable bonds is 5. The Balaban J connectivity index is 1.81. The van der Waals surface area contributed by atoms with Crippen LogP contribution in [0.15, 0.2) is 48.5 Å². The predicted octanol–water partition coefficient (Wildman–Crippen LogP) is 2.42. The van der Waals surface area contributed by atoms with Crippen LogP contribution >= 0.6 is 23.2 Å². The first-order chi connectivity index (χ1) is 12.3. The van der Waals surface area contributed by atoms with Crippen molar-refractivity contribution in [3.63, 3.8) is 0 Å². The molecule has 1 aliphatic rings. The zero-order valence-electron chi connectivity index (χ0n) is 13.9. The van der Waals surface area contributed by atoms with Crippen LogP contribution in [0.4, 0.5) is 5.69 Å². The van der Waals surface area contributed by atoms with E-state index in [1.54, 1.807) is 18.2 Å². The Morgan fingerprint density at radius 3 is 2.35 bits per heavy atom. The molecule has 1 fully saturated rings. The van der Waals surface area contributed by atoms with E-state index in [4.69, 9.17) is 23.2 Å². The number of quaternary nitrogens is 1. The number of carbonyl (C=O) groups is 1. The van der Waals surface area contributed by atoms with Crippen LogP contribution in [0.3, 0.4) is 0 Å². The number of amides is 1. The summed E-state index contributed by atoms with van der Waals surface area (Å²) in [6.45, 7) is 0. The van der Waals surface area contributed by atoms with Crippen LogP contribution in [0.1, 0.15) is 18.0 Å². The Bertz CT molecular complexity index is 884. The lowest BCUT2D eigenvalue weighted by atomic mass is 10.0. The van der Waals surface area contributed by atoms with E-state index in [1.165, 1.54) is 0 Å². The van der Waals surface area contributed by atoms with Gasteiger partial charge < -0.3 is 10.6 Å². The number of nitrogens with two attached hydrogens (primary N) is 1. The van der Waals surface area contributed by atoms with Crippen LogP contribution in [0.5, 0.6) is 0 Å². The van der Waals surface area contributed by atoms with Gasteiger partial charge in [0.25, 0.3) is 5.91 Å². The van der Waals surface area contributed by atoms with Crippen molar-refractivity contribution in [1.29, 1.82) is 0 Å². The lowest BCUT2D eigenvalue weighted by Crippen LogP contribution is -2.93. The molecule has 8 heteroatoms. The van der Waals surface area contributed by atoms with Crippen molar-refractivity contribution in [1.82, 2.24) is 0 Å². The molecular formula is C18H19Cl2N2O3S+. The van der Waals surface area contributed by atoms with Crippen LogP contribution in [-0.4, -0.2) is 31.9 Å². The highest BCUT2D eigenvalue weighted by molar-refractivity contribution is 7.91. The number of hydrogen-bond acceptors (Lipinski definition) is 3. The van der Waals surface area contributed by atoms with Gasteiger partial charge in [0.05, 0.1) is 5.75 Å². The Labute approximate surface area is 162 Å². The third-order valence-corrected chi connectivity index (χ3v) is 6.53. The van der Waals surface area contributed by atoms with Crippen molar-refractivity contribution in [3.8, 4) is 0 Å². The van der Waals surface area contributed by atoms with Crippen molar-refractivity contribution in [3.05, 3.63) is 64.1 Å². The van der Waals surface area contributed by atoms with Crippen molar-refractivity contribution in [2.24, 2.45) is 0 Å². The Kier molecular flexibility index (Phi) is 5.87. The van der Waals surface area contributed by atoms with Gasteiger partial charge in [-0.2, -0.15) is 0 Å². The summed E-state index contributed by atoms with van der Waals surface area (Å²) in [6.07, 6.45) is 0.544. The molecule has 1 aliphatic heterocycles. The summed E-state index contributed by atoms with van der Waals surface area (Å²) in [4.78, 5) is 12.9. The summed E-state index contributed by atoms with van der Waals surface area (Å²) in [5.41, 5.74) is 1.31. The van der Waals surface area contributed by atoms with Gasteiger partial charge in [-0.25, -0.2) is 8.42 Å². The van der Waals surface area contributed by atoms with Crippen molar-refractivity contribution in [2.45, 2.75) is 18.5 Å². The third kappa shape index (κ3) is 4.98. The van der Waals surface area contributed by atoms with Gasteiger partial charge >= 0.3 is 0 Å². The number of halogens is 2. The Morgan fingerprint density at radius 1 is 1.12 bits per heavy atom. The molecule has 0 aromatic heterocycles. The number of hydrogen-bond donors (Lipinski definition) is 2. The molecule has 2 aromatic rings. The molecule has 0 saturated carbocycles. The SMILES string of the molecule is O=C(Nc1cc(Cl)cc(Cl)c1)[C@H]([NH2+][C@@H]1CCS(=O)(=O)C1)c1ccccc1. The van der Waals surface area contributed by atoms with Gasteiger partial charge in [0.1, 0.15) is 11.8 Å². The highest BCUT2D eigenvalue weighted by Crippen LogP contribution is 2.23. The molecule has 1 heterocycles. The zero-order chi connectivity index (χ0) is 18.7. The second-order valence-electron chi connectivity index (χ2n) is 6.39. The van der Waals surface area contributed by atoms with E-state index < -0.39 is 15.9 Å². The minimum atomic E-state index is -3.02. The van der Waals surface area contributed by atoms with Gasteiger partial charge in [-0.3, -0.25) is 4.79 Å². The number of nitrogens with one attached hydrogen (secondary N) is 1. The van der Waals surface area contributed by atoms with E-state index in [2.05, 4.69) is 5.32 Å².